The molecule has 6 heteroatoms. The molecule has 0 bridgehead atoms. The average molecular weight is 347 g/mol. The summed E-state index contributed by atoms with van der Waals surface area (Å²) in [5, 5.41) is 3.37. The Morgan fingerprint density at radius 1 is 1.32 bits per heavy atom. The molecule has 2 atom stereocenters. The molecule has 1 N–H and O–H groups in total. The van der Waals surface area contributed by atoms with Gasteiger partial charge in [-0.3, -0.25) is 9.79 Å². The summed E-state index contributed by atoms with van der Waals surface area (Å²) in [6.45, 7) is 8.19. The summed E-state index contributed by atoms with van der Waals surface area (Å²) in [4.78, 5) is 18.3. The Hall–Kier alpha value is -2.24. The molecule has 1 aliphatic rings. The van der Waals surface area contributed by atoms with Crippen molar-refractivity contribution in [2.24, 2.45) is 16.8 Å². The van der Waals surface area contributed by atoms with Gasteiger partial charge in [0.25, 0.3) is 0 Å². The van der Waals surface area contributed by atoms with Crippen LogP contribution in [-0.4, -0.2) is 50.2 Å². The van der Waals surface area contributed by atoms with Crippen LogP contribution in [0.1, 0.15) is 26.3 Å². The average Bonchev–Trinajstić information content (AvgIpc) is 2.97. The van der Waals surface area contributed by atoms with E-state index < -0.39 is 0 Å². The zero-order chi connectivity index (χ0) is 18.4. The lowest BCUT2D eigenvalue weighted by Crippen LogP contribution is -2.40. The number of ether oxygens (including phenoxy) is 2. The molecule has 138 valence electrons. The van der Waals surface area contributed by atoms with E-state index in [4.69, 9.17) is 9.47 Å². The number of likely N-dealkylation sites (tertiary alicyclic amines) is 1. The van der Waals surface area contributed by atoms with E-state index in [2.05, 4.69) is 22.1 Å². The van der Waals surface area contributed by atoms with Crippen LogP contribution in [0.15, 0.2) is 29.3 Å². The Labute approximate surface area is 150 Å². The van der Waals surface area contributed by atoms with Gasteiger partial charge in [0.05, 0.1) is 19.1 Å². The van der Waals surface area contributed by atoms with Gasteiger partial charge in [-0.2, -0.15) is 0 Å². The number of benzene rings is 1. The monoisotopic (exact) mass is 347 g/mol. The predicted octanol–water partition coefficient (Wildman–Crippen LogP) is 2.29. The molecule has 0 amide bonds. The lowest BCUT2D eigenvalue weighted by Gasteiger charge is -2.21. The van der Waals surface area contributed by atoms with Crippen LogP contribution in [-0.2, 0) is 16.1 Å². The van der Waals surface area contributed by atoms with Gasteiger partial charge in [-0.25, -0.2) is 0 Å². The molecule has 1 saturated heterocycles. The second-order valence-electron chi connectivity index (χ2n) is 6.72. The molecule has 0 saturated carbocycles. The Morgan fingerprint density at radius 2 is 2.00 bits per heavy atom. The fourth-order valence-electron chi connectivity index (χ4n) is 3.07. The number of carbonyl (C=O) groups is 1. The summed E-state index contributed by atoms with van der Waals surface area (Å²) in [5.41, 5.74) is 1.15. The predicted molar refractivity (Wildman–Crippen MR) is 98.6 cm³/mol. The van der Waals surface area contributed by atoms with Crippen molar-refractivity contribution in [2.45, 2.75) is 33.4 Å². The SMILES string of the molecule is CN=C(NCc1ccc(OC(C)C)cc1)N1CC(C)C(C(=O)OC)C1. The summed E-state index contributed by atoms with van der Waals surface area (Å²) in [6, 6.07) is 8.04. The van der Waals surface area contributed by atoms with Crippen LogP contribution in [0.3, 0.4) is 0 Å². The van der Waals surface area contributed by atoms with Crippen LogP contribution < -0.4 is 10.1 Å². The molecule has 1 aliphatic heterocycles. The van der Waals surface area contributed by atoms with Gasteiger partial charge in [0.15, 0.2) is 5.96 Å². The van der Waals surface area contributed by atoms with E-state index in [1.807, 2.05) is 38.1 Å². The fourth-order valence-corrected chi connectivity index (χ4v) is 3.07. The molecule has 1 aromatic rings. The Bertz CT molecular complexity index is 598. The summed E-state index contributed by atoms with van der Waals surface area (Å²) in [5.74, 6) is 1.68. The second kappa shape index (κ2) is 8.74. The van der Waals surface area contributed by atoms with Crippen molar-refractivity contribution in [3.63, 3.8) is 0 Å². The van der Waals surface area contributed by atoms with E-state index in [1.165, 1.54) is 7.11 Å². The maximum atomic E-state index is 11.8. The minimum Gasteiger partial charge on any atom is -0.491 e. The number of rotatable bonds is 5. The molecule has 0 aromatic heterocycles. The van der Waals surface area contributed by atoms with Crippen LogP contribution in [0, 0.1) is 11.8 Å². The highest BCUT2D eigenvalue weighted by Crippen LogP contribution is 2.24. The minimum atomic E-state index is -0.147. The normalized spacial score (nSPS) is 20.7. The van der Waals surface area contributed by atoms with Gasteiger partial charge in [0.2, 0.25) is 0 Å². The Morgan fingerprint density at radius 3 is 2.56 bits per heavy atom. The molecule has 1 fully saturated rings. The van der Waals surface area contributed by atoms with Gasteiger partial charge in [0.1, 0.15) is 5.75 Å². The molecule has 0 spiro atoms. The van der Waals surface area contributed by atoms with Gasteiger partial charge < -0.3 is 19.7 Å². The van der Waals surface area contributed by atoms with Crippen molar-refractivity contribution in [1.29, 1.82) is 0 Å². The van der Waals surface area contributed by atoms with Crippen molar-refractivity contribution in [2.75, 3.05) is 27.2 Å². The third kappa shape index (κ3) is 5.11. The van der Waals surface area contributed by atoms with Gasteiger partial charge in [-0.15, -0.1) is 0 Å². The van der Waals surface area contributed by atoms with Gasteiger partial charge in [-0.1, -0.05) is 19.1 Å². The van der Waals surface area contributed by atoms with E-state index in [9.17, 15) is 4.79 Å². The summed E-state index contributed by atoms with van der Waals surface area (Å²) < 4.78 is 10.6. The first-order valence-electron chi connectivity index (χ1n) is 8.73. The Balaban J connectivity index is 1.91. The smallest absolute Gasteiger partial charge is 0.310 e. The molecule has 1 aromatic carbocycles. The number of carbonyl (C=O) groups excluding carboxylic acids is 1. The number of aliphatic imine (C=N–C) groups is 1. The lowest BCUT2D eigenvalue weighted by atomic mass is 9.99. The maximum absolute atomic E-state index is 11.8. The number of nitrogens with one attached hydrogen (secondary N) is 1. The highest BCUT2D eigenvalue weighted by Gasteiger charge is 2.36. The van der Waals surface area contributed by atoms with E-state index in [0.717, 1.165) is 23.8 Å². The largest absolute Gasteiger partial charge is 0.491 e. The number of hydrogen-bond donors (Lipinski definition) is 1. The van der Waals surface area contributed by atoms with Crippen LogP contribution in [0.2, 0.25) is 0 Å². The number of methoxy groups -OCH3 is 1. The molecule has 1 heterocycles. The molecule has 0 radical (unpaired) electrons. The van der Waals surface area contributed by atoms with Crippen molar-refractivity contribution in [1.82, 2.24) is 10.2 Å². The highest BCUT2D eigenvalue weighted by molar-refractivity contribution is 5.82. The van der Waals surface area contributed by atoms with Crippen molar-refractivity contribution in [3.8, 4) is 5.75 Å². The number of hydrogen-bond acceptors (Lipinski definition) is 4. The van der Waals surface area contributed by atoms with Gasteiger partial charge >= 0.3 is 5.97 Å². The molecule has 0 aliphatic carbocycles. The first-order valence-corrected chi connectivity index (χ1v) is 8.73. The summed E-state index contributed by atoms with van der Waals surface area (Å²) in [7, 11) is 3.20. The van der Waals surface area contributed by atoms with E-state index in [1.54, 1.807) is 7.05 Å². The highest BCUT2D eigenvalue weighted by atomic mass is 16.5. The zero-order valence-corrected chi connectivity index (χ0v) is 15.8. The number of esters is 1. The molecular formula is C19H29N3O3. The lowest BCUT2D eigenvalue weighted by molar-refractivity contribution is -0.145. The molecule has 25 heavy (non-hydrogen) atoms. The van der Waals surface area contributed by atoms with Crippen molar-refractivity contribution < 1.29 is 14.3 Å². The summed E-state index contributed by atoms with van der Waals surface area (Å²) in [6.07, 6.45) is 0.169. The second-order valence-corrected chi connectivity index (χ2v) is 6.72. The maximum Gasteiger partial charge on any atom is 0.310 e. The van der Waals surface area contributed by atoms with Crippen LogP contribution in [0.4, 0.5) is 0 Å². The topological polar surface area (TPSA) is 63.2 Å². The fraction of sp³-hybridized carbons (Fsp3) is 0.579. The summed E-state index contributed by atoms with van der Waals surface area (Å²) >= 11 is 0. The number of nitrogens with zero attached hydrogens (tertiary/aromatic N) is 2. The van der Waals surface area contributed by atoms with E-state index in [-0.39, 0.29) is 23.9 Å². The molecule has 2 unspecified atom stereocenters. The van der Waals surface area contributed by atoms with Gasteiger partial charge in [-0.05, 0) is 37.5 Å². The third-order valence-corrected chi connectivity index (χ3v) is 4.37. The molecule has 2 rings (SSSR count). The van der Waals surface area contributed by atoms with Crippen LogP contribution in [0.5, 0.6) is 5.75 Å². The van der Waals surface area contributed by atoms with Crippen LogP contribution >= 0.6 is 0 Å². The standard InChI is InChI=1S/C19H29N3O3/c1-13(2)25-16-8-6-15(7-9-16)10-21-19(20-4)22-11-14(3)17(12-22)18(23)24-5/h6-9,13-14,17H,10-12H2,1-5H3,(H,20,21). The minimum absolute atomic E-state index is 0.101. The first kappa shape index (κ1) is 19.1. The Kier molecular flexibility index (Phi) is 6.67. The molecule has 6 nitrogen and oxygen atoms in total. The zero-order valence-electron chi connectivity index (χ0n) is 15.8. The van der Waals surface area contributed by atoms with Crippen LogP contribution in [0.25, 0.3) is 0 Å². The van der Waals surface area contributed by atoms with E-state index in [0.29, 0.717) is 13.1 Å². The van der Waals surface area contributed by atoms with Crippen molar-refractivity contribution >= 4 is 11.9 Å². The van der Waals surface area contributed by atoms with E-state index >= 15 is 0 Å². The number of guanidine groups is 1. The third-order valence-electron chi connectivity index (χ3n) is 4.37. The van der Waals surface area contributed by atoms with Gasteiger partial charge in [0, 0.05) is 26.7 Å². The molecular weight excluding hydrogens is 318 g/mol. The quantitative estimate of drug-likeness (QED) is 0.503. The van der Waals surface area contributed by atoms with Crippen molar-refractivity contribution in [3.05, 3.63) is 29.8 Å². The first-order chi connectivity index (χ1) is 11.9.